The van der Waals surface area contributed by atoms with Gasteiger partial charge in [-0.1, -0.05) is 36.4 Å². The zero-order valence-electron chi connectivity index (χ0n) is 16.2. The van der Waals surface area contributed by atoms with Gasteiger partial charge >= 0.3 is 0 Å². The monoisotopic (exact) mass is 387 g/mol. The molecule has 0 aliphatic heterocycles. The number of amides is 1. The molecule has 0 radical (unpaired) electrons. The number of furan rings is 1. The van der Waals surface area contributed by atoms with E-state index in [2.05, 4.69) is 15.6 Å². The number of carbonyl (C=O) groups is 1. The maximum absolute atomic E-state index is 12.8. The van der Waals surface area contributed by atoms with Crippen molar-refractivity contribution in [3.05, 3.63) is 83.9 Å². The van der Waals surface area contributed by atoms with Crippen LogP contribution in [0.5, 0.6) is 5.75 Å². The maximum Gasteiger partial charge on any atom is 0.253 e. The molecule has 0 bridgehead atoms. The number of rotatable bonds is 6. The first-order valence-corrected chi connectivity index (χ1v) is 9.27. The van der Waals surface area contributed by atoms with Crippen molar-refractivity contribution in [1.82, 2.24) is 10.3 Å². The summed E-state index contributed by atoms with van der Waals surface area (Å²) in [6.45, 7) is 2.19. The van der Waals surface area contributed by atoms with E-state index in [4.69, 9.17) is 9.15 Å². The Morgan fingerprint density at radius 1 is 1.03 bits per heavy atom. The average molecular weight is 387 g/mol. The molecule has 0 unspecified atom stereocenters. The van der Waals surface area contributed by atoms with Crippen molar-refractivity contribution in [2.75, 3.05) is 12.4 Å². The third-order valence-electron chi connectivity index (χ3n) is 4.62. The highest BCUT2D eigenvalue weighted by atomic mass is 16.5. The third kappa shape index (κ3) is 3.91. The maximum atomic E-state index is 12.8. The van der Waals surface area contributed by atoms with Crippen LogP contribution in [0.15, 0.2) is 71.3 Å². The SMILES string of the molecule is COc1ccccc1Nc1ncc(C(=O)NCc2ccc(C)o2)c2ccccc12. The number of hydrogen-bond acceptors (Lipinski definition) is 5. The van der Waals surface area contributed by atoms with Gasteiger partial charge in [-0.3, -0.25) is 4.79 Å². The molecule has 4 aromatic rings. The molecule has 0 saturated heterocycles. The predicted octanol–water partition coefficient (Wildman–Crippen LogP) is 4.82. The van der Waals surface area contributed by atoms with Gasteiger partial charge in [0, 0.05) is 11.6 Å². The van der Waals surface area contributed by atoms with E-state index < -0.39 is 0 Å². The average Bonchev–Trinajstić information content (AvgIpc) is 3.18. The van der Waals surface area contributed by atoms with E-state index in [1.165, 1.54) is 0 Å². The molecule has 0 aliphatic carbocycles. The number of hydrogen-bond donors (Lipinski definition) is 2. The number of aromatic nitrogens is 1. The Morgan fingerprint density at radius 3 is 2.55 bits per heavy atom. The van der Waals surface area contributed by atoms with Gasteiger partial charge in [-0.2, -0.15) is 0 Å². The van der Waals surface area contributed by atoms with Gasteiger partial charge in [0.25, 0.3) is 5.91 Å². The molecule has 0 fully saturated rings. The van der Waals surface area contributed by atoms with Crippen molar-refractivity contribution >= 4 is 28.2 Å². The van der Waals surface area contributed by atoms with Gasteiger partial charge in [0.1, 0.15) is 23.1 Å². The second-order valence-electron chi connectivity index (χ2n) is 6.59. The molecule has 2 aromatic carbocycles. The summed E-state index contributed by atoms with van der Waals surface area (Å²) in [5.74, 6) is 2.69. The zero-order chi connectivity index (χ0) is 20.2. The molecule has 2 aromatic heterocycles. The van der Waals surface area contributed by atoms with Gasteiger partial charge < -0.3 is 19.8 Å². The van der Waals surface area contributed by atoms with E-state index >= 15 is 0 Å². The van der Waals surface area contributed by atoms with Crippen LogP contribution >= 0.6 is 0 Å². The number of nitrogens with zero attached hydrogens (tertiary/aromatic N) is 1. The Labute approximate surface area is 168 Å². The number of nitrogens with one attached hydrogen (secondary N) is 2. The highest BCUT2D eigenvalue weighted by Crippen LogP contribution is 2.31. The van der Waals surface area contributed by atoms with E-state index in [1.807, 2.05) is 67.6 Å². The molecule has 4 rings (SSSR count). The van der Waals surface area contributed by atoms with E-state index in [9.17, 15) is 4.79 Å². The van der Waals surface area contributed by atoms with Crippen molar-refractivity contribution in [1.29, 1.82) is 0 Å². The molecular weight excluding hydrogens is 366 g/mol. The van der Waals surface area contributed by atoms with Gasteiger partial charge in [0.2, 0.25) is 0 Å². The second-order valence-corrected chi connectivity index (χ2v) is 6.59. The number of methoxy groups -OCH3 is 1. The summed E-state index contributed by atoms with van der Waals surface area (Å²) < 4.78 is 10.9. The number of carbonyl (C=O) groups excluding carboxylic acids is 1. The lowest BCUT2D eigenvalue weighted by atomic mass is 10.1. The molecule has 2 N–H and O–H groups in total. The molecule has 146 valence electrons. The van der Waals surface area contributed by atoms with Crippen LogP contribution in [0.4, 0.5) is 11.5 Å². The highest BCUT2D eigenvalue weighted by molar-refractivity contribution is 6.09. The minimum Gasteiger partial charge on any atom is -0.495 e. The van der Waals surface area contributed by atoms with Crippen LogP contribution in [0.3, 0.4) is 0 Å². The van der Waals surface area contributed by atoms with Crippen LogP contribution in [-0.2, 0) is 6.54 Å². The number of aryl methyl sites for hydroxylation is 1. The quantitative estimate of drug-likeness (QED) is 0.496. The summed E-state index contributed by atoms with van der Waals surface area (Å²) in [4.78, 5) is 17.3. The molecule has 0 saturated carbocycles. The Hall–Kier alpha value is -3.80. The first-order valence-electron chi connectivity index (χ1n) is 9.27. The predicted molar refractivity (Wildman–Crippen MR) is 113 cm³/mol. The zero-order valence-corrected chi connectivity index (χ0v) is 16.2. The Bertz CT molecular complexity index is 1170. The van der Waals surface area contributed by atoms with Crippen LogP contribution in [0.25, 0.3) is 10.8 Å². The molecule has 0 spiro atoms. The second kappa shape index (κ2) is 8.06. The minimum absolute atomic E-state index is 0.202. The number of benzene rings is 2. The Balaban J connectivity index is 1.63. The first-order chi connectivity index (χ1) is 14.2. The summed E-state index contributed by atoms with van der Waals surface area (Å²) in [6.07, 6.45) is 1.59. The van der Waals surface area contributed by atoms with Crippen LogP contribution < -0.4 is 15.4 Å². The lowest BCUT2D eigenvalue weighted by Crippen LogP contribution is -2.23. The molecule has 1 amide bonds. The molecule has 2 heterocycles. The van der Waals surface area contributed by atoms with Crippen LogP contribution in [0.1, 0.15) is 21.9 Å². The van der Waals surface area contributed by atoms with E-state index in [1.54, 1.807) is 13.3 Å². The number of fused-ring (bicyclic) bond motifs is 1. The van der Waals surface area contributed by atoms with Gasteiger partial charge in [0.15, 0.2) is 0 Å². The third-order valence-corrected chi connectivity index (χ3v) is 4.62. The molecule has 6 nitrogen and oxygen atoms in total. The lowest BCUT2D eigenvalue weighted by molar-refractivity contribution is 0.0949. The normalized spacial score (nSPS) is 10.7. The van der Waals surface area contributed by atoms with Crippen molar-refractivity contribution in [2.24, 2.45) is 0 Å². The van der Waals surface area contributed by atoms with Gasteiger partial charge in [-0.15, -0.1) is 0 Å². The summed E-state index contributed by atoms with van der Waals surface area (Å²) >= 11 is 0. The topological polar surface area (TPSA) is 76.4 Å². The number of para-hydroxylation sites is 2. The van der Waals surface area contributed by atoms with E-state index in [0.29, 0.717) is 29.4 Å². The van der Waals surface area contributed by atoms with Crippen molar-refractivity contribution in [3.8, 4) is 5.75 Å². The van der Waals surface area contributed by atoms with Gasteiger partial charge in [-0.25, -0.2) is 4.98 Å². The van der Waals surface area contributed by atoms with Crippen molar-refractivity contribution < 1.29 is 13.9 Å². The van der Waals surface area contributed by atoms with E-state index in [0.717, 1.165) is 22.2 Å². The van der Waals surface area contributed by atoms with Crippen molar-refractivity contribution in [3.63, 3.8) is 0 Å². The number of ether oxygens (including phenoxy) is 1. The smallest absolute Gasteiger partial charge is 0.253 e. The first kappa shape index (κ1) is 18.6. The van der Waals surface area contributed by atoms with Crippen LogP contribution in [0.2, 0.25) is 0 Å². The molecule has 0 atom stereocenters. The summed E-state index contributed by atoms with van der Waals surface area (Å²) in [5.41, 5.74) is 1.31. The highest BCUT2D eigenvalue weighted by Gasteiger charge is 2.15. The fraction of sp³-hybridized carbons (Fsp3) is 0.130. The van der Waals surface area contributed by atoms with Gasteiger partial charge in [-0.05, 0) is 36.6 Å². The van der Waals surface area contributed by atoms with Crippen molar-refractivity contribution in [2.45, 2.75) is 13.5 Å². The standard InChI is InChI=1S/C23H21N3O3/c1-15-11-12-16(29-15)13-25-23(27)19-14-24-22(18-8-4-3-7-17(18)19)26-20-9-5-6-10-21(20)28-2/h3-12,14H,13H2,1-2H3,(H,24,26)(H,25,27). The van der Waals surface area contributed by atoms with Crippen LogP contribution in [0, 0.1) is 6.92 Å². The lowest BCUT2D eigenvalue weighted by Gasteiger charge is -2.14. The summed E-state index contributed by atoms with van der Waals surface area (Å²) in [5, 5.41) is 7.87. The summed E-state index contributed by atoms with van der Waals surface area (Å²) in [7, 11) is 1.62. The Kier molecular flexibility index (Phi) is 5.16. The molecule has 29 heavy (non-hydrogen) atoms. The van der Waals surface area contributed by atoms with Gasteiger partial charge in [0.05, 0.1) is 24.9 Å². The number of anilines is 2. The minimum atomic E-state index is -0.202. The Morgan fingerprint density at radius 2 is 1.79 bits per heavy atom. The van der Waals surface area contributed by atoms with E-state index in [-0.39, 0.29) is 5.91 Å². The van der Waals surface area contributed by atoms with Crippen LogP contribution in [-0.4, -0.2) is 18.0 Å². The fourth-order valence-electron chi connectivity index (χ4n) is 3.19. The molecule has 0 aliphatic rings. The largest absolute Gasteiger partial charge is 0.495 e. The fourth-order valence-corrected chi connectivity index (χ4v) is 3.19. The number of pyridine rings is 1. The molecular formula is C23H21N3O3. The summed E-state index contributed by atoms with van der Waals surface area (Å²) in [6, 6.07) is 19.0. The molecule has 6 heteroatoms.